The van der Waals surface area contributed by atoms with Crippen LogP contribution in [0.3, 0.4) is 0 Å². The summed E-state index contributed by atoms with van der Waals surface area (Å²) in [6, 6.07) is 85.7. The minimum absolute atomic E-state index is 0.119. The van der Waals surface area contributed by atoms with Gasteiger partial charge in [-0.15, -0.1) is 0 Å². The molecule has 4 nitrogen and oxygen atoms in total. The van der Waals surface area contributed by atoms with Crippen LogP contribution >= 0.6 is 32.6 Å². The summed E-state index contributed by atoms with van der Waals surface area (Å²) < 4.78 is 30.0. The third-order valence-electron chi connectivity index (χ3n) is 11.3. The van der Waals surface area contributed by atoms with Crippen molar-refractivity contribution >= 4 is 75.0 Å². The molecule has 64 heavy (non-hydrogen) atoms. The lowest BCUT2D eigenvalue weighted by Crippen LogP contribution is -2.43. The van der Waals surface area contributed by atoms with Crippen molar-refractivity contribution in [3.05, 3.63) is 243 Å². The van der Waals surface area contributed by atoms with Gasteiger partial charge in [-0.25, -0.2) is 0 Å². The van der Waals surface area contributed by atoms with E-state index in [-0.39, 0.29) is 24.2 Å². The molecule has 8 aromatic carbocycles. The van der Waals surface area contributed by atoms with Gasteiger partial charge in [0.2, 0.25) is 0 Å². The van der Waals surface area contributed by atoms with Gasteiger partial charge in [0.05, 0.1) is 57.5 Å². The number of hydrogen-bond acceptors (Lipinski definition) is 4. The zero-order valence-corrected chi connectivity index (χ0v) is 39.2. The largest absolute Gasteiger partial charge is 0.347 e. The van der Waals surface area contributed by atoms with E-state index in [2.05, 4.69) is 243 Å². The van der Waals surface area contributed by atoms with Crippen molar-refractivity contribution < 1.29 is 18.1 Å². The monoisotopic (exact) mass is 912 g/mol. The second-order valence-corrected chi connectivity index (χ2v) is 23.0. The highest BCUT2D eigenvalue weighted by molar-refractivity contribution is 7.69. The van der Waals surface area contributed by atoms with Crippen LogP contribution in [0.25, 0.3) is 0 Å². The van der Waals surface area contributed by atoms with Crippen molar-refractivity contribution in [2.45, 2.75) is 37.6 Å². The maximum Gasteiger partial charge on any atom is 0.0923 e. The van der Waals surface area contributed by atoms with E-state index in [0.717, 1.165) is 19.3 Å². The fourth-order valence-corrected chi connectivity index (χ4v) is 15.7. The van der Waals surface area contributed by atoms with Crippen molar-refractivity contribution in [3.8, 4) is 0 Å². The Hall–Kier alpha value is -4.68. The van der Waals surface area contributed by atoms with E-state index in [1.807, 2.05) is 0 Å². The van der Waals surface area contributed by atoms with E-state index < -0.39 is 32.6 Å². The maximum atomic E-state index is 7.63. The van der Waals surface area contributed by atoms with E-state index in [9.17, 15) is 0 Å². The molecule has 0 aromatic heterocycles. The highest BCUT2D eigenvalue weighted by atomic mass is 31.1. The van der Waals surface area contributed by atoms with Gasteiger partial charge in [0, 0.05) is 42.4 Å². The predicted molar refractivity (Wildman–Crippen MR) is 274 cm³/mol. The Labute approximate surface area is 384 Å². The Morgan fingerprint density at radius 3 is 0.938 bits per heavy atom. The summed E-state index contributed by atoms with van der Waals surface area (Å²) in [6.07, 6.45) is 1.87. The van der Waals surface area contributed by atoms with Crippen molar-refractivity contribution in [1.29, 1.82) is 0 Å². The summed E-state index contributed by atoms with van der Waals surface area (Å²) in [7, 11) is -4.60. The average Bonchev–Trinajstić information content (AvgIpc) is 3.38. The van der Waals surface area contributed by atoms with Crippen LogP contribution in [-0.4, -0.2) is 24.9 Å². The molecule has 0 saturated heterocycles. The van der Waals surface area contributed by atoms with Gasteiger partial charge in [0.1, 0.15) is 0 Å². The van der Waals surface area contributed by atoms with Gasteiger partial charge < -0.3 is 18.1 Å². The molecule has 4 unspecified atom stereocenters. The second-order valence-electron chi connectivity index (χ2n) is 15.7. The summed E-state index contributed by atoms with van der Waals surface area (Å²) in [5.41, 5.74) is 0. The first kappa shape index (κ1) is 44.5. The minimum Gasteiger partial charge on any atom is -0.347 e. The Balaban J connectivity index is 1.10. The molecule has 8 heteroatoms. The molecule has 1 fully saturated rings. The third-order valence-corrected chi connectivity index (χ3v) is 19.3. The third kappa shape index (κ3) is 11.6. The van der Waals surface area contributed by atoms with E-state index >= 15 is 0 Å². The highest BCUT2D eigenvalue weighted by Gasteiger charge is 2.41. The van der Waals surface area contributed by atoms with E-state index in [0.29, 0.717) is 6.61 Å². The van der Waals surface area contributed by atoms with Gasteiger partial charge in [0.25, 0.3) is 0 Å². The highest BCUT2D eigenvalue weighted by Crippen LogP contribution is 2.49. The fraction of sp³-hybridized carbons (Fsp3) is 0.143. The average molecular weight is 913 g/mol. The first-order chi connectivity index (χ1) is 31.8. The predicted octanol–water partition coefficient (Wildman–Crippen LogP) is 11.2. The lowest BCUT2D eigenvalue weighted by atomic mass is 9.82. The molecule has 0 amide bonds. The summed E-state index contributed by atoms with van der Waals surface area (Å²) in [5, 5.41) is 9.48. The Morgan fingerprint density at radius 1 is 0.328 bits per heavy atom. The lowest BCUT2D eigenvalue weighted by Gasteiger charge is -2.42. The molecule has 0 spiro atoms. The van der Waals surface area contributed by atoms with Gasteiger partial charge >= 0.3 is 0 Å². The SMILES string of the molecule is c1ccc(P(OCC(OP(c2ccccc2)c2ccccc2)C2CCC(OP(c3ccccc3)c3ccccc3)C(OP(c3ccccc3)c3ccccc3)C2)c2ccccc2)cc1. The molecule has 9 rings (SSSR count). The molecule has 0 aliphatic heterocycles. The molecular weight excluding hydrogens is 861 g/mol. The van der Waals surface area contributed by atoms with Gasteiger partial charge in [-0.1, -0.05) is 243 Å². The lowest BCUT2D eigenvalue weighted by molar-refractivity contribution is -0.0150. The molecule has 8 aromatic rings. The molecule has 0 bridgehead atoms. The van der Waals surface area contributed by atoms with Crippen LogP contribution in [0, 0.1) is 5.92 Å². The Morgan fingerprint density at radius 2 is 0.609 bits per heavy atom. The zero-order chi connectivity index (χ0) is 43.2. The maximum absolute atomic E-state index is 7.63. The topological polar surface area (TPSA) is 36.9 Å². The van der Waals surface area contributed by atoms with E-state index in [1.54, 1.807) is 0 Å². The zero-order valence-electron chi connectivity index (χ0n) is 35.7. The Kier molecular flexibility index (Phi) is 16.0. The molecule has 1 aliphatic rings. The molecule has 0 radical (unpaired) electrons. The molecule has 320 valence electrons. The molecule has 0 N–H and O–H groups in total. The Bertz CT molecular complexity index is 2310. The molecule has 1 saturated carbocycles. The number of benzene rings is 8. The van der Waals surface area contributed by atoms with Crippen molar-refractivity contribution in [3.63, 3.8) is 0 Å². The first-order valence-electron chi connectivity index (χ1n) is 22.0. The molecule has 0 heterocycles. The fourth-order valence-electron chi connectivity index (χ4n) is 8.13. The summed E-state index contributed by atoms with van der Waals surface area (Å²) >= 11 is 0. The van der Waals surface area contributed by atoms with Crippen molar-refractivity contribution in [1.82, 2.24) is 0 Å². The van der Waals surface area contributed by atoms with Crippen LogP contribution in [0.15, 0.2) is 243 Å². The molecule has 4 atom stereocenters. The van der Waals surface area contributed by atoms with Gasteiger partial charge in [-0.05, 0) is 25.2 Å². The van der Waals surface area contributed by atoms with Crippen LogP contribution in [0.1, 0.15) is 19.3 Å². The quantitative estimate of drug-likeness (QED) is 0.0804. The van der Waals surface area contributed by atoms with Gasteiger partial charge in [-0.2, -0.15) is 0 Å². The normalized spacial score (nSPS) is 16.9. The van der Waals surface area contributed by atoms with E-state index in [1.165, 1.54) is 42.4 Å². The van der Waals surface area contributed by atoms with Gasteiger partial charge in [0.15, 0.2) is 0 Å². The first-order valence-corrected chi connectivity index (χ1v) is 27.0. The smallest absolute Gasteiger partial charge is 0.0923 e. The molecular formula is C56H52O4P4. The van der Waals surface area contributed by atoms with Crippen molar-refractivity contribution in [2.75, 3.05) is 6.61 Å². The summed E-state index contributed by atoms with van der Waals surface area (Å²) in [5.74, 6) is 0.119. The standard InChI is InChI=1S/C56H52O4P4/c1-9-25-46(26-10-1)61(47-27-11-2-12-28-47)57-44-56(60-64(52-37-21-7-22-38-52)53-39-23-8-24-40-53)45-41-42-54(58-62(48-29-13-3-14-30-48)49-31-15-4-16-32-49)55(43-45)59-63(50-33-17-5-18-34-50)51-35-19-6-20-36-51/h1-40,45,54-56H,41-44H2. The second kappa shape index (κ2) is 23.0. The summed E-state index contributed by atoms with van der Waals surface area (Å²) in [4.78, 5) is 0. The minimum atomic E-state index is -1.18. The van der Waals surface area contributed by atoms with Crippen LogP contribution in [0.5, 0.6) is 0 Å². The van der Waals surface area contributed by atoms with Crippen molar-refractivity contribution in [2.24, 2.45) is 5.92 Å². The number of hydrogen-bond donors (Lipinski definition) is 0. The van der Waals surface area contributed by atoms with Crippen LogP contribution in [-0.2, 0) is 18.1 Å². The van der Waals surface area contributed by atoms with Crippen LogP contribution in [0.2, 0.25) is 0 Å². The summed E-state index contributed by atoms with van der Waals surface area (Å²) in [6.45, 7) is 0.434. The van der Waals surface area contributed by atoms with Crippen LogP contribution < -0.4 is 42.4 Å². The van der Waals surface area contributed by atoms with E-state index in [4.69, 9.17) is 18.1 Å². The molecule has 1 aliphatic carbocycles. The van der Waals surface area contributed by atoms with Crippen LogP contribution in [0.4, 0.5) is 0 Å². The van der Waals surface area contributed by atoms with Gasteiger partial charge in [-0.3, -0.25) is 0 Å². The number of rotatable bonds is 18.